The summed E-state index contributed by atoms with van der Waals surface area (Å²) in [6.07, 6.45) is 0. The highest BCUT2D eigenvalue weighted by Crippen LogP contribution is 2.50. The molecular formula is C56H32N4S. The fraction of sp³-hybridized carbons (Fsp3) is 0. The van der Waals surface area contributed by atoms with E-state index in [9.17, 15) is 0 Å². The highest BCUT2D eigenvalue weighted by atomic mass is 32.1. The summed E-state index contributed by atoms with van der Waals surface area (Å²) in [7, 11) is 0. The molecular weight excluding hydrogens is 761 g/mol. The van der Waals surface area contributed by atoms with Gasteiger partial charge in [0.05, 0.1) is 33.3 Å². The lowest BCUT2D eigenvalue weighted by atomic mass is 9.89. The molecule has 0 radical (unpaired) electrons. The van der Waals surface area contributed by atoms with Crippen LogP contribution in [0.25, 0.3) is 130 Å². The lowest BCUT2D eigenvalue weighted by Gasteiger charge is -2.16. The molecule has 0 saturated heterocycles. The second kappa shape index (κ2) is 12.3. The zero-order valence-electron chi connectivity index (χ0n) is 32.7. The number of hydrogen-bond acceptors (Lipinski definition) is 3. The second-order valence-electron chi connectivity index (χ2n) is 16.0. The van der Waals surface area contributed by atoms with E-state index in [0.717, 1.165) is 38.9 Å². The van der Waals surface area contributed by atoms with Crippen LogP contribution in [0.3, 0.4) is 0 Å². The number of para-hydroxylation sites is 4. The van der Waals surface area contributed by atoms with Gasteiger partial charge in [-0.3, -0.25) is 4.57 Å². The Morgan fingerprint density at radius 3 is 1.57 bits per heavy atom. The van der Waals surface area contributed by atoms with Gasteiger partial charge in [0.25, 0.3) is 0 Å². The average Bonchev–Trinajstić information content (AvgIpc) is 4.00. The summed E-state index contributed by atoms with van der Waals surface area (Å²) in [5, 5.41) is 15.8. The van der Waals surface area contributed by atoms with Gasteiger partial charge in [-0.1, -0.05) is 146 Å². The molecule has 14 aromatic rings. The van der Waals surface area contributed by atoms with Gasteiger partial charge >= 0.3 is 0 Å². The summed E-state index contributed by atoms with van der Waals surface area (Å²) in [6.45, 7) is 0. The summed E-state index contributed by atoms with van der Waals surface area (Å²) in [4.78, 5) is 11.1. The van der Waals surface area contributed by atoms with Crippen LogP contribution >= 0.6 is 11.3 Å². The van der Waals surface area contributed by atoms with E-state index in [2.05, 4.69) is 203 Å². The molecule has 0 N–H and O–H groups in total. The maximum Gasteiger partial charge on any atom is 0.235 e. The minimum Gasteiger partial charge on any atom is -0.309 e. The summed E-state index contributed by atoms with van der Waals surface area (Å²) >= 11 is 1.84. The van der Waals surface area contributed by atoms with E-state index in [1.165, 1.54) is 85.1 Å². The number of benzene rings is 10. The highest BCUT2D eigenvalue weighted by molar-refractivity contribution is 7.25. The highest BCUT2D eigenvalue weighted by Gasteiger charge is 2.27. The quantitative estimate of drug-likeness (QED) is 0.167. The van der Waals surface area contributed by atoms with E-state index in [-0.39, 0.29) is 0 Å². The van der Waals surface area contributed by atoms with Crippen molar-refractivity contribution >= 4 is 118 Å². The predicted octanol–water partition coefficient (Wildman–Crippen LogP) is 15.3. The van der Waals surface area contributed by atoms with Gasteiger partial charge in [0.1, 0.15) is 0 Å². The van der Waals surface area contributed by atoms with Crippen molar-refractivity contribution in [2.24, 2.45) is 0 Å². The lowest BCUT2D eigenvalue weighted by molar-refractivity contribution is 1.02. The van der Waals surface area contributed by atoms with Gasteiger partial charge in [-0.2, -0.15) is 0 Å². The minimum absolute atomic E-state index is 0.656. The Balaban J connectivity index is 1.20. The number of hydrogen-bond donors (Lipinski definition) is 0. The van der Waals surface area contributed by atoms with Crippen LogP contribution in [0.15, 0.2) is 194 Å². The Bertz CT molecular complexity index is 4170. The Morgan fingerprint density at radius 1 is 0.344 bits per heavy atom. The van der Waals surface area contributed by atoms with E-state index in [1.807, 2.05) is 11.3 Å². The van der Waals surface area contributed by atoms with E-state index in [1.54, 1.807) is 0 Å². The van der Waals surface area contributed by atoms with Crippen LogP contribution in [-0.2, 0) is 0 Å². The van der Waals surface area contributed by atoms with Gasteiger partial charge in [0.15, 0.2) is 0 Å². The van der Waals surface area contributed by atoms with Crippen molar-refractivity contribution in [2.45, 2.75) is 0 Å². The molecule has 61 heavy (non-hydrogen) atoms. The molecule has 0 aliphatic rings. The molecule has 282 valence electrons. The number of thiophene rings is 1. The molecule has 0 aliphatic heterocycles. The van der Waals surface area contributed by atoms with E-state index in [4.69, 9.17) is 9.97 Å². The molecule has 0 unspecified atom stereocenters. The van der Waals surface area contributed by atoms with Crippen LogP contribution in [0.1, 0.15) is 0 Å². The number of nitrogens with zero attached hydrogens (tertiary/aromatic N) is 4. The zero-order chi connectivity index (χ0) is 39.8. The Morgan fingerprint density at radius 2 is 0.869 bits per heavy atom. The summed E-state index contributed by atoms with van der Waals surface area (Å²) in [5.74, 6) is 0.656. The largest absolute Gasteiger partial charge is 0.309 e. The normalized spacial score (nSPS) is 12.3. The van der Waals surface area contributed by atoms with Crippen molar-refractivity contribution < 1.29 is 0 Å². The zero-order valence-corrected chi connectivity index (χ0v) is 33.5. The van der Waals surface area contributed by atoms with Crippen LogP contribution < -0.4 is 0 Å². The maximum atomic E-state index is 5.63. The molecule has 0 bridgehead atoms. The number of fused-ring (bicyclic) bond motifs is 19. The first-order chi connectivity index (χ1) is 30.3. The van der Waals surface area contributed by atoms with Gasteiger partial charge in [0.2, 0.25) is 5.95 Å². The summed E-state index contributed by atoms with van der Waals surface area (Å²) in [5.41, 5.74) is 8.63. The second-order valence-corrected chi connectivity index (χ2v) is 17.1. The summed E-state index contributed by atoms with van der Waals surface area (Å²) < 4.78 is 7.38. The molecule has 5 heteroatoms. The fourth-order valence-corrected chi connectivity index (χ4v) is 11.5. The smallest absolute Gasteiger partial charge is 0.235 e. The molecule has 0 atom stereocenters. The van der Waals surface area contributed by atoms with Crippen molar-refractivity contribution in [2.75, 3.05) is 0 Å². The van der Waals surface area contributed by atoms with Crippen molar-refractivity contribution in [3.8, 4) is 22.9 Å². The van der Waals surface area contributed by atoms with Crippen molar-refractivity contribution in [1.82, 2.24) is 19.1 Å². The predicted molar refractivity (Wildman–Crippen MR) is 259 cm³/mol. The average molecular weight is 793 g/mol. The third-order valence-electron chi connectivity index (χ3n) is 12.9. The maximum absolute atomic E-state index is 5.63. The van der Waals surface area contributed by atoms with Crippen molar-refractivity contribution in [3.63, 3.8) is 0 Å². The molecule has 0 spiro atoms. The van der Waals surface area contributed by atoms with E-state index in [0.29, 0.717) is 5.95 Å². The van der Waals surface area contributed by atoms with Gasteiger partial charge in [-0.05, 0) is 64.7 Å². The number of aromatic nitrogens is 4. The van der Waals surface area contributed by atoms with Gasteiger partial charge in [-0.25, -0.2) is 9.97 Å². The number of rotatable bonds is 3. The van der Waals surface area contributed by atoms with Crippen molar-refractivity contribution in [1.29, 1.82) is 0 Å². The van der Waals surface area contributed by atoms with Crippen LogP contribution in [0.2, 0.25) is 0 Å². The molecule has 4 heterocycles. The van der Waals surface area contributed by atoms with Gasteiger partial charge in [-0.15, -0.1) is 11.3 Å². The molecule has 4 aromatic heterocycles. The lowest BCUT2D eigenvalue weighted by Crippen LogP contribution is -2.04. The molecule has 0 saturated carbocycles. The van der Waals surface area contributed by atoms with Crippen LogP contribution in [-0.4, -0.2) is 19.1 Å². The van der Waals surface area contributed by atoms with Crippen LogP contribution in [0.5, 0.6) is 0 Å². The monoisotopic (exact) mass is 792 g/mol. The Kier molecular flexibility index (Phi) is 6.68. The topological polar surface area (TPSA) is 35.6 Å². The van der Waals surface area contributed by atoms with Crippen LogP contribution in [0.4, 0.5) is 0 Å². The Hall–Kier alpha value is -7.86. The van der Waals surface area contributed by atoms with Crippen molar-refractivity contribution in [3.05, 3.63) is 194 Å². The van der Waals surface area contributed by atoms with E-state index >= 15 is 0 Å². The van der Waals surface area contributed by atoms with Crippen LogP contribution in [0, 0.1) is 0 Å². The molecule has 14 rings (SSSR count). The third-order valence-corrected chi connectivity index (χ3v) is 14.0. The first kappa shape index (κ1) is 33.0. The summed E-state index contributed by atoms with van der Waals surface area (Å²) in [6, 6.07) is 70.5. The molecule has 10 aromatic carbocycles. The first-order valence-corrected chi connectivity index (χ1v) is 21.6. The molecule has 0 fully saturated rings. The first-order valence-electron chi connectivity index (χ1n) is 20.8. The van der Waals surface area contributed by atoms with Gasteiger partial charge in [0, 0.05) is 74.5 Å². The SMILES string of the molecule is c1ccc(-n2c3ccccc3c3c4c(c5ccccc5c32)c2ccccc2c2c4c3ccccc3n2-c2nc(-c3ccc4sc5ccccc5c4c3)c3ccccc3n2)cc1. The molecule has 0 aliphatic carbocycles. The standard InChI is InChI=1S/C56H32N4S/c1-2-16-34(17-3-1)59-45-27-13-9-24-41(45)50-52-49(36-19-4-6-21-38(36)54(50)59)37-20-5-7-22-39(37)55-51(52)42-25-10-14-28-46(42)60(55)56-57-44-26-12-8-23-40(44)53(58-56)33-30-31-48-43(32-33)35-18-11-15-29-47(35)61-48/h1-32H. The van der Waals surface area contributed by atoms with Gasteiger partial charge < -0.3 is 4.57 Å². The van der Waals surface area contributed by atoms with E-state index < -0.39 is 0 Å². The third kappa shape index (κ3) is 4.48. The Labute approximate surface area is 352 Å². The molecule has 4 nitrogen and oxygen atoms in total. The fourth-order valence-electron chi connectivity index (χ4n) is 10.4. The minimum atomic E-state index is 0.656. The molecule has 0 amide bonds.